The number of aromatic amines is 1. The molecule has 0 unspecified atom stereocenters. The number of fused-ring (bicyclic) bond motifs is 1. The van der Waals surface area contributed by atoms with Gasteiger partial charge in [0.2, 0.25) is 0 Å². The third-order valence-corrected chi connectivity index (χ3v) is 2.99. The van der Waals surface area contributed by atoms with Crippen molar-refractivity contribution in [2.75, 3.05) is 13.2 Å². The topological polar surface area (TPSA) is 90.2 Å². The molecule has 0 amide bonds. The summed E-state index contributed by atoms with van der Waals surface area (Å²) in [6, 6.07) is 4.90. The van der Waals surface area contributed by atoms with Crippen molar-refractivity contribution in [2.24, 2.45) is 5.73 Å². The number of carbonyl (C=O) groups excluding carboxylic acids is 1. The smallest absolute Gasteiger partial charge is 0.332 e. The second-order valence-corrected chi connectivity index (χ2v) is 6.43. The van der Waals surface area contributed by atoms with E-state index in [4.69, 9.17) is 26.8 Å². The van der Waals surface area contributed by atoms with Gasteiger partial charge in [0, 0.05) is 5.02 Å². The van der Waals surface area contributed by atoms with Crippen LogP contribution in [-0.2, 0) is 14.3 Å². The average Bonchev–Trinajstić information content (AvgIpc) is 2.79. The fourth-order valence-corrected chi connectivity index (χ4v) is 2.06. The van der Waals surface area contributed by atoms with Gasteiger partial charge in [-0.1, -0.05) is 11.6 Å². The number of ether oxygens (including phenoxy) is 2. The minimum Gasteiger partial charge on any atom is -0.458 e. The van der Waals surface area contributed by atoms with E-state index in [0.717, 1.165) is 11.0 Å². The summed E-state index contributed by atoms with van der Waals surface area (Å²) in [4.78, 5) is 19.0. The summed E-state index contributed by atoms with van der Waals surface area (Å²) < 4.78 is 10.4. The number of benzene rings is 1. The van der Waals surface area contributed by atoms with Crippen LogP contribution in [-0.4, -0.2) is 34.8 Å². The van der Waals surface area contributed by atoms with E-state index in [1.54, 1.807) is 32.9 Å². The number of hydrogen-bond donors (Lipinski definition) is 2. The summed E-state index contributed by atoms with van der Waals surface area (Å²) in [5, 5.41) is 0.611. The van der Waals surface area contributed by atoms with Gasteiger partial charge >= 0.3 is 5.97 Å². The number of nitrogens with one attached hydrogen (secondary N) is 1. The van der Waals surface area contributed by atoms with Crippen LogP contribution in [0.2, 0.25) is 5.02 Å². The van der Waals surface area contributed by atoms with Gasteiger partial charge in [0.1, 0.15) is 18.0 Å². The normalized spacial score (nSPS) is 13.3. The lowest BCUT2D eigenvalue weighted by Crippen LogP contribution is -2.28. The Balaban J connectivity index is 1.88. The van der Waals surface area contributed by atoms with Crippen LogP contribution in [0.1, 0.15) is 32.6 Å². The van der Waals surface area contributed by atoms with Crippen LogP contribution in [0.25, 0.3) is 11.0 Å². The van der Waals surface area contributed by atoms with Crippen LogP contribution >= 0.6 is 11.6 Å². The van der Waals surface area contributed by atoms with Crippen molar-refractivity contribution in [2.45, 2.75) is 32.4 Å². The molecule has 0 fully saturated rings. The number of aromatic nitrogens is 2. The van der Waals surface area contributed by atoms with Crippen LogP contribution in [0.5, 0.6) is 0 Å². The molecule has 0 bridgehead atoms. The van der Waals surface area contributed by atoms with Gasteiger partial charge in [-0.3, -0.25) is 0 Å². The van der Waals surface area contributed by atoms with E-state index in [9.17, 15) is 4.79 Å². The second kappa shape index (κ2) is 6.64. The molecule has 1 aromatic heterocycles. The van der Waals surface area contributed by atoms with Crippen molar-refractivity contribution >= 4 is 28.6 Å². The van der Waals surface area contributed by atoms with Gasteiger partial charge in [-0.05, 0) is 39.0 Å². The first-order valence-electron chi connectivity index (χ1n) is 6.95. The van der Waals surface area contributed by atoms with Crippen LogP contribution < -0.4 is 5.73 Å². The van der Waals surface area contributed by atoms with E-state index in [0.29, 0.717) is 10.8 Å². The van der Waals surface area contributed by atoms with Gasteiger partial charge in [0.15, 0.2) is 0 Å². The van der Waals surface area contributed by atoms with Gasteiger partial charge in [0.25, 0.3) is 0 Å². The molecular formula is C15H20ClN3O3. The molecule has 3 N–H and O–H groups in total. The molecule has 0 spiro atoms. The van der Waals surface area contributed by atoms with Gasteiger partial charge in [-0.25, -0.2) is 9.78 Å². The van der Waals surface area contributed by atoms with E-state index in [-0.39, 0.29) is 13.2 Å². The summed E-state index contributed by atoms with van der Waals surface area (Å²) in [5.74, 6) is 0.164. The van der Waals surface area contributed by atoms with Crippen molar-refractivity contribution in [1.82, 2.24) is 9.97 Å². The van der Waals surface area contributed by atoms with Gasteiger partial charge < -0.3 is 20.2 Å². The largest absolute Gasteiger partial charge is 0.458 e. The zero-order chi connectivity index (χ0) is 16.3. The first-order valence-corrected chi connectivity index (χ1v) is 7.33. The molecule has 120 valence electrons. The Morgan fingerprint density at radius 1 is 1.45 bits per heavy atom. The molecule has 1 aromatic carbocycles. The lowest BCUT2D eigenvalue weighted by atomic mass is 10.2. The molecule has 1 atom stereocenters. The summed E-state index contributed by atoms with van der Waals surface area (Å²) in [5.41, 5.74) is 7.07. The first-order chi connectivity index (χ1) is 10.2. The molecule has 7 heteroatoms. The molecule has 22 heavy (non-hydrogen) atoms. The van der Waals surface area contributed by atoms with E-state index in [2.05, 4.69) is 9.97 Å². The number of rotatable bonds is 5. The van der Waals surface area contributed by atoms with Crippen molar-refractivity contribution in [3.05, 3.63) is 29.0 Å². The Kier molecular flexibility index (Phi) is 5.05. The average molecular weight is 326 g/mol. The molecule has 0 radical (unpaired) electrons. The highest BCUT2D eigenvalue weighted by molar-refractivity contribution is 6.31. The molecule has 0 saturated carbocycles. The quantitative estimate of drug-likeness (QED) is 0.824. The molecule has 2 rings (SSSR count). The van der Waals surface area contributed by atoms with Crippen LogP contribution in [0.3, 0.4) is 0 Å². The maximum Gasteiger partial charge on any atom is 0.332 e. The van der Waals surface area contributed by atoms with Crippen LogP contribution in [0.15, 0.2) is 18.2 Å². The molecule has 0 aliphatic rings. The highest BCUT2D eigenvalue weighted by Gasteiger charge is 2.17. The summed E-state index contributed by atoms with van der Waals surface area (Å²) in [7, 11) is 0. The maximum atomic E-state index is 11.5. The van der Waals surface area contributed by atoms with Gasteiger partial charge in [-0.2, -0.15) is 0 Å². The first kappa shape index (κ1) is 16.7. The number of carbonyl (C=O) groups is 1. The monoisotopic (exact) mass is 325 g/mol. The number of esters is 1. The number of hydrogen-bond acceptors (Lipinski definition) is 5. The Hall–Kier alpha value is -1.63. The molecule has 0 saturated heterocycles. The molecular weight excluding hydrogens is 306 g/mol. The van der Waals surface area contributed by atoms with E-state index >= 15 is 0 Å². The summed E-state index contributed by atoms with van der Waals surface area (Å²) >= 11 is 5.92. The molecule has 6 nitrogen and oxygen atoms in total. The molecule has 0 aliphatic heterocycles. The third-order valence-electron chi connectivity index (χ3n) is 2.75. The number of H-pyrrole nitrogens is 1. The number of imidazole rings is 1. The fraction of sp³-hybridized carbons (Fsp3) is 0.467. The maximum absolute atomic E-state index is 11.5. The second-order valence-electron chi connectivity index (χ2n) is 5.99. The molecule has 1 heterocycles. The number of nitrogens with zero attached hydrogens (tertiary/aromatic N) is 1. The molecule has 0 aliphatic carbocycles. The van der Waals surface area contributed by atoms with Crippen molar-refractivity contribution in [3.63, 3.8) is 0 Å². The summed E-state index contributed by atoms with van der Waals surface area (Å²) in [6.45, 7) is 5.42. The Morgan fingerprint density at radius 2 is 2.18 bits per heavy atom. The fourth-order valence-electron chi connectivity index (χ4n) is 1.89. The third kappa shape index (κ3) is 4.69. The zero-order valence-electron chi connectivity index (χ0n) is 12.9. The van der Waals surface area contributed by atoms with E-state index < -0.39 is 17.6 Å². The highest BCUT2D eigenvalue weighted by Crippen LogP contribution is 2.19. The minimum atomic E-state index is -0.527. The summed E-state index contributed by atoms with van der Waals surface area (Å²) in [6.07, 6.45) is 0. The standard InChI is InChI=1S/C15H20ClN3O3/c1-15(2,3)22-13(20)8-21-7-10(17)14-18-11-5-4-9(16)6-12(11)19-14/h4-6,10H,7-8,17H2,1-3H3,(H,18,19)/t10-/m1/s1. The number of nitrogens with two attached hydrogens (primary N) is 1. The van der Waals surface area contributed by atoms with Gasteiger partial charge in [0.05, 0.1) is 23.7 Å². The van der Waals surface area contributed by atoms with E-state index in [1.807, 2.05) is 6.07 Å². The van der Waals surface area contributed by atoms with Crippen LogP contribution in [0, 0.1) is 0 Å². The Morgan fingerprint density at radius 3 is 2.86 bits per heavy atom. The van der Waals surface area contributed by atoms with Crippen molar-refractivity contribution in [1.29, 1.82) is 0 Å². The van der Waals surface area contributed by atoms with Gasteiger partial charge in [-0.15, -0.1) is 0 Å². The van der Waals surface area contributed by atoms with Crippen LogP contribution in [0.4, 0.5) is 0 Å². The molecule has 2 aromatic rings. The lowest BCUT2D eigenvalue weighted by molar-refractivity contribution is -0.160. The van der Waals surface area contributed by atoms with E-state index in [1.165, 1.54) is 0 Å². The Bertz CT molecular complexity index is 664. The SMILES string of the molecule is CC(C)(C)OC(=O)COC[C@@H](N)c1nc2cc(Cl)ccc2[nH]1. The minimum absolute atomic E-state index is 0.142. The lowest BCUT2D eigenvalue weighted by Gasteiger charge is -2.19. The Labute approximate surface area is 133 Å². The highest BCUT2D eigenvalue weighted by atomic mass is 35.5. The zero-order valence-corrected chi connectivity index (χ0v) is 13.6. The predicted molar refractivity (Wildman–Crippen MR) is 84.7 cm³/mol. The number of halogens is 1. The predicted octanol–water partition coefficient (Wildman–Crippen LogP) is 2.57. The van der Waals surface area contributed by atoms with Crippen molar-refractivity contribution < 1.29 is 14.3 Å². The van der Waals surface area contributed by atoms with Crippen molar-refractivity contribution in [3.8, 4) is 0 Å².